The van der Waals surface area contributed by atoms with Crippen LogP contribution < -0.4 is 16.0 Å². The number of benzene rings is 1. The maximum Gasteiger partial charge on any atom is 0.227 e. The summed E-state index contributed by atoms with van der Waals surface area (Å²) in [4.78, 5) is 26.6. The van der Waals surface area contributed by atoms with E-state index in [1.165, 1.54) is 5.56 Å². The molecule has 24 heavy (non-hydrogen) atoms. The zero-order valence-corrected chi connectivity index (χ0v) is 15.9. The molecule has 1 aromatic rings. The summed E-state index contributed by atoms with van der Waals surface area (Å²) in [6.45, 7) is 10.6. The second-order valence-electron chi connectivity index (χ2n) is 7.23. The number of nitrogens with zero attached hydrogens (tertiary/aromatic N) is 1. The van der Waals surface area contributed by atoms with Crippen molar-refractivity contribution in [3.8, 4) is 0 Å². The highest BCUT2D eigenvalue weighted by molar-refractivity contribution is 6.01. The van der Waals surface area contributed by atoms with Crippen LogP contribution in [0.3, 0.4) is 0 Å². The third kappa shape index (κ3) is 4.28. The Labute approximate surface area is 150 Å². The lowest BCUT2D eigenvalue weighted by Crippen LogP contribution is -2.51. The first-order chi connectivity index (χ1) is 10.6. The van der Waals surface area contributed by atoms with E-state index >= 15 is 0 Å². The van der Waals surface area contributed by atoms with E-state index in [0.717, 1.165) is 16.8 Å². The van der Waals surface area contributed by atoms with E-state index in [4.69, 9.17) is 5.73 Å². The fourth-order valence-corrected chi connectivity index (χ4v) is 3.18. The van der Waals surface area contributed by atoms with Crippen molar-refractivity contribution in [3.05, 3.63) is 28.8 Å². The van der Waals surface area contributed by atoms with Gasteiger partial charge in [0.2, 0.25) is 11.8 Å². The highest BCUT2D eigenvalue weighted by Crippen LogP contribution is 2.32. The van der Waals surface area contributed by atoms with Gasteiger partial charge in [-0.15, -0.1) is 12.4 Å². The van der Waals surface area contributed by atoms with Crippen LogP contribution in [-0.4, -0.2) is 30.4 Å². The summed E-state index contributed by atoms with van der Waals surface area (Å²) in [5.74, 6) is -0.419. The Balaban J connectivity index is 0.00000288. The molecule has 0 radical (unpaired) electrons. The second kappa shape index (κ2) is 7.53. The number of carbonyl (C=O) groups is 2. The van der Waals surface area contributed by atoms with Gasteiger partial charge in [-0.25, -0.2) is 0 Å². The average molecular weight is 354 g/mol. The van der Waals surface area contributed by atoms with Crippen LogP contribution >= 0.6 is 12.4 Å². The van der Waals surface area contributed by atoms with E-state index in [9.17, 15) is 9.59 Å². The monoisotopic (exact) mass is 353 g/mol. The molecule has 1 atom stereocenters. The van der Waals surface area contributed by atoms with E-state index in [2.05, 4.69) is 17.4 Å². The molecule has 3 N–H and O–H groups in total. The second-order valence-corrected chi connectivity index (χ2v) is 7.23. The topological polar surface area (TPSA) is 75.4 Å². The van der Waals surface area contributed by atoms with Gasteiger partial charge in [0, 0.05) is 30.7 Å². The van der Waals surface area contributed by atoms with Crippen molar-refractivity contribution in [2.75, 3.05) is 18.0 Å². The molecule has 0 bridgehead atoms. The molecule has 134 valence electrons. The number of anilines is 1. The van der Waals surface area contributed by atoms with Crippen LogP contribution in [0.1, 0.15) is 37.0 Å². The van der Waals surface area contributed by atoms with E-state index in [0.29, 0.717) is 13.1 Å². The van der Waals surface area contributed by atoms with Gasteiger partial charge < -0.3 is 16.0 Å². The van der Waals surface area contributed by atoms with Gasteiger partial charge in [0.25, 0.3) is 0 Å². The molecule has 1 heterocycles. The van der Waals surface area contributed by atoms with Crippen molar-refractivity contribution in [1.82, 2.24) is 5.32 Å². The van der Waals surface area contributed by atoms with E-state index < -0.39 is 5.54 Å². The third-order valence-electron chi connectivity index (χ3n) is 4.37. The predicted octanol–water partition coefficient (Wildman–Crippen LogP) is 2.24. The van der Waals surface area contributed by atoms with Gasteiger partial charge >= 0.3 is 0 Å². The number of rotatable bonds is 4. The number of halogens is 1. The van der Waals surface area contributed by atoms with Gasteiger partial charge in [0.1, 0.15) is 0 Å². The van der Waals surface area contributed by atoms with Crippen LogP contribution in [0.4, 0.5) is 5.69 Å². The van der Waals surface area contributed by atoms with Crippen molar-refractivity contribution in [2.24, 2.45) is 11.7 Å². The minimum absolute atomic E-state index is 0. The molecule has 6 heteroatoms. The summed E-state index contributed by atoms with van der Waals surface area (Å²) in [6, 6.07) is 4.14. The van der Waals surface area contributed by atoms with E-state index in [-0.39, 0.29) is 36.6 Å². The summed E-state index contributed by atoms with van der Waals surface area (Å²) in [6.07, 6.45) is 0.249. The Hall–Kier alpha value is -1.59. The zero-order chi connectivity index (χ0) is 17.4. The molecule has 5 nitrogen and oxygen atoms in total. The minimum atomic E-state index is -0.455. The Morgan fingerprint density at radius 1 is 1.29 bits per heavy atom. The van der Waals surface area contributed by atoms with Crippen molar-refractivity contribution in [1.29, 1.82) is 0 Å². The Bertz CT molecular complexity index is 620. The molecule has 1 aliphatic heterocycles. The number of hydrogen-bond acceptors (Lipinski definition) is 3. The van der Waals surface area contributed by atoms with Crippen molar-refractivity contribution >= 4 is 29.9 Å². The van der Waals surface area contributed by atoms with Crippen LogP contribution in [0.25, 0.3) is 0 Å². The van der Waals surface area contributed by atoms with Crippen molar-refractivity contribution in [2.45, 2.75) is 46.6 Å². The van der Waals surface area contributed by atoms with Crippen LogP contribution in [-0.2, 0) is 9.59 Å². The molecule has 0 aromatic heterocycles. The fourth-order valence-electron chi connectivity index (χ4n) is 3.18. The zero-order valence-electron chi connectivity index (χ0n) is 15.1. The number of carbonyl (C=O) groups excluding carboxylic acids is 2. The van der Waals surface area contributed by atoms with Crippen LogP contribution in [0.5, 0.6) is 0 Å². The lowest BCUT2D eigenvalue weighted by molar-refractivity contribution is -0.127. The first-order valence-electron chi connectivity index (χ1n) is 8.05. The Morgan fingerprint density at radius 3 is 2.33 bits per heavy atom. The molecule has 0 spiro atoms. The van der Waals surface area contributed by atoms with E-state index in [1.54, 1.807) is 4.90 Å². The molecule has 0 aliphatic carbocycles. The van der Waals surface area contributed by atoms with Gasteiger partial charge in [-0.05, 0) is 45.7 Å². The molecular formula is C18H28ClN3O2. The standard InChI is InChI=1S/C18H27N3O2.ClH/c1-11-6-12(2)16(13(3)7-11)21-9-14(8-15(21)22)17(23)20-18(4,5)10-19;/h6-7,14H,8-10,19H2,1-5H3,(H,20,23);1H. The molecule has 1 fully saturated rings. The summed E-state index contributed by atoms with van der Waals surface area (Å²) in [7, 11) is 0. The SMILES string of the molecule is Cc1cc(C)c(N2CC(C(=O)NC(C)(C)CN)CC2=O)c(C)c1.Cl. The minimum Gasteiger partial charge on any atom is -0.350 e. The van der Waals surface area contributed by atoms with Crippen LogP contribution in [0.2, 0.25) is 0 Å². The molecule has 2 rings (SSSR count). The van der Waals surface area contributed by atoms with Gasteiger partial charge in [0.05, 0.1) is 5.92 Å². The first kappa shape index (κ1) is 20.5. The van der Waals surface area contributed by atoms with Crippen LogP contribution in [0, 0.1) is 26.7 Å². The summed E-state index contributed by atoms with van der Waals surface area (Å²) in [5.41, 5.74) is 9.46. The number of nitrogens with one attached hydrogen (secondary N) is 1. The summed E-state index contributed by atoms with van der Waals surface area (Å²) >= 11 is 0. The van der Waals surface area contributed by atoms with Gasteiger partial charge in [-0.1, -0.05) is 17.7 Å². The molecule has 1 unspecified atom stereocenters. The molecule has 1 saturated heterocycles. The quantitative estimate of drug-likeness (QED) is 0.871. The van der Waals surface area contributed by atoms with Crippen molar-refractivity contribution in [3.63, 3.8) is 0 Å². The normalized spacial score (nSPS) is 17.7. The summed E-state index contributed by atoms with van der Waals surface area (Å²) < 4.78 is 0. The van der Waals surface area contributed by atoms with Gasteiger partial charge in [-0.3, -0.25) is 9.59 Å². The highest BCUT2D eigenvalue weighted by atomic mass is 35.5. The number of hydrogen-bond donors (Lipinski definition) is 2. The first-order valence-corrected chi connectivity index (χ1v) is 8.05. The lowest BCUT2D eigenvalue weighted by Gasteiger charge is -2.26. The van der Waals surface area contributed by atoms with Crippen LogP contribution in [0.15, 0.2) is 12.1 Å². The maximum absolute atomic E-state index is 12.4. The smallest absolute Gasteiger partial charge is 0.227 e. The maximum atomic E-state index is 12.4. The highest BCUT2D eigenvalue weighted by Gasteiger charge is 2.37. The molecule has 1 aromatic carbocycles. The Morgan fingerprint density at radius 2 is 1.83 bits per heavy atom. The Kier molecular flexibility index (Phi) is 6.42. The average Bonchev–Trinajstić information content (AvgIpc) is 2.79. The number of amides is 2. The number of aryl methyl sites for hydroxylation is 3. The molecular weight excluding hydrogens is 326 g/mol. The van der Waals surface area contributed by atoms with Gasteiger partial charge in [0.15, 0.2) is 0 Å². The predicted molar refractivity (Wildman–Crippen MR) is 99.6 cm³/mol. The molecule has 2 amide bonds. The molecule has 1 aliphatic rings. The van der Waals surface area contributed by atoms with Crippen molar-refractivity contribution < 1.29 is 9.59 Å². The lowest BCUT2D eigenvalue weighted by atomic mass is 10.0. The molecule has 0 saturated carbocycles. The third-order valence-corrected chi connectivity index (χ3v) is 4.37. The van der Waals surface area contributed by atoms with E-state index in [1.807, 2.05) is 34.6 Å². The van der Waals surface area contributed by atoms with Gasteiger partial charge in [-0.2, -0.15) is 0 Å². The fraction of sp³-hybridized carbons (Fsp3) is 0.556. The summed E-state index contributed by atoms with van der Waals surface area (Å²) in [5, 5.41) is 2.94. The number of nitrogens with two attached hydrogens (primary N) is 1. The largest absolute Gasteiger partial charge is 0.350 e.